The maximum atomic E-state index is 12.4. The van der Waals surface area contributed by atoms with Crippen molar-refractivity contribution < 1.29 is 13.5 Å². The zero-order valence-electron chi connectivity index (χ0n) is 10.5. The highest BCUT2D eigenvalue weighted by Crippen LogP contribution is 2.25. The normalized spacial score (nSPS) is 11.3. The lowest BCUT2D eigenvalue weighted by Gasteiger charge is -2.07. The number of rotatable bonds is 3. The highest BCUT2D eigenvalue weighted by molar-refractivity contribution is 9.11. The molecule has 3 heterocycles. The molecule has 0 aliphatic rings. The van der Waals surface area contributed by atoms with Gasteiger partial charge in [0.25, 0.3) is 5.56 Å². The van der Waals surface area contributed by atoms with Gasteiger partial charge in [0, 0.05) is 6.07 Å². The van der Waals surface area contributed by atoms with Crippen LogP contribution in [-0.2, 0) is 0 Å². The van der Waals surface area contributed by atoms with Gasteiger partial charge in [-0.15, -0.1) is 11.3 Å². The molecule has 3 aromatic rings. The van der Waals surface area contributed by atoms with Gasteiger partial charge in [-0.05, 0) is 22.0 Å². The molecule has 1 N–H and O–H groups in total. The molecule has 114 valence electrons. The van der Waals surface area contributed by atoms with Crippen molar-refractivity contribution in [2.45, 2.75) is 6.61 Å². The third-order valence-corrected chi connectivity index (χ3v) is 4.35. The van der Waals surface area contributed by atoms with E-state index in [-0.39, 0.29) is 11.4 Å². The van der Waals surface area contributed by atoms with Crippen molar-refractivity contribution in [2.75, 3.05) is 0 Å². The Morgan fingerprint density at radius 2 is 2.09 bits per heavy atom. The summed E-state index contributed by atoms with van der Waals surface area (Å²) < 4.78 is 30.5. The highest BCUT2D eigenvalue weighted by atomic mass is 79.9. The van der Waals surface area contributed by atoms with Crippen molar-refractivity contribution in [2.24, 2.45) is 0 Å². The first-order valence-corrected chi connectivity index (χ1v) is 7.41. The van der Waals surface area contributed by atoms with Crippen LogP contribution < -0.4 is 16.0 Å². The Bertz CT molecular complexity index is 966. The molecule has 0 atom stereocenters. The average Bonchev–Trinajstić information content (AvgIpc) is 2.79. The standard InChI is InChI=1S/C12H6BrF2N3O3S/c13-8-2-7-9(22-8)10(19)18(12(20)17-7)5-1-6(4-16-3-5)21-11(14)15/h1-4,11H,(H,17,20). The number of aromatic nitrogens is 3. The van der Waals surface area contributed by atoms with Crippen molar-refractivity contribution in [3.63, 3.8) is 0 Å². The molecular weight excluding hydrogens is 384 g/mol. The summed E-state index contributed by atoms with van der Waals surface area (Å²) in [7, 11) is 0. The third-order valence-electron chi connectivity index (χ3n) is 2.73. The van der Waals surface area contributed by atoms with E-state index in [9.17, 15) is 18.4 Å². The van der Waals surface area contributed by atoms with E-state index in [0.29, 0.717) is 14.0 Å². The molecule has 0 aliphatic carbocycles. The van der Waals surface area contributed by atoms with E-state index >= 15 is 0 Å². The quantitative estimate of drug-likeness (QED) is 0.746. The number of ether oxygens (including phenoxy) is 1. The molecule has 0 radical (unpaired) electrons. The second-order valence-electron chi connectivity index (χ2n) is 4.12. The van der Waals surface area contributed by atoms with Gasteiger partial charge in [0.2, 0.25) is 0 Å². The topological polar surface area (TPSA) is 77.0 Å². The van der Waals surface area contributed by atoms with E-state index in [4.69, 9.17) is 0 Å². The summed E-state index contributed by atoms with van der Waals surface area (Å²) in [5, 5.41) is 0. The Labute approximate surface area is 133 Å². The van der Waals surface area contributed by atoms with Gasteiger partial charge in [-0.25, -0.2) is 9.36 Å². The van der Waals surface area contributed by atoms with Crippen LogP contribution in [0.1, 0.15) is 0 Å². The average molecular weight is 390 g/mol. The predicted molar refractivity (Wildman–Crippen MR) is 80.2 cm³/mol. The number of hydrogen-bond donors (Lipinski definition) is 1. The Kier molecular flexibility index (Phi) is 3.79. The van der Waals surface area contributed by atoms with Gasteiger partial charge in [0.15, 0.2) is 0 Å². The molecule has 6 nitrogen and oxygen atoms in total. The number of H-pyrrole nitrogens is 1. The molecule has 0 aliphatic heterocycles. The van der Waals surface area contributed by atoms with E-state index in [1.54, 1.807) is 6.07 Å². The first-order valence-electron chi connectivity index (χ1n) is 5.80. The maximum absolute atomic E-state index is 12.4. The molecule has 0 saturated carbocycles. The molecule has 3 aromatic heterocycles. The Hall–Kier alpha value is -2.07. The molecule has 0 spiro atoms. The SMILES string of the molecule is O=c1[nH]c2cc(Br)sc2c(=O)n1-c1cncc(OC(F)F)c1. The van der Waals surface area contributed by atoms with Gasteiger partial charge < -0.3 is 9.72 Å². The molecular formula is C12H6BrF2N3O3S. The minimum Gasteiger partial charge on any atom is -0.433 e. The third kappa shape index (κ3) is 2.66. The molecule has 10 heteroatoms. The molecule has 0 amide bonds. The largest absolute Gasteiger partial charge is 0.433 e. The number of fused-ring (bicyclic) bond motifs is 1. The molecule has 22 heavy (non-hydrogen) atoms. The zero-order valence-corrected chi connectivity index (χ0v) is 13.0. The van der Waals surface area contributed by atoms with Crippen LogP contribution in [0.3, 0.4) is 0 Å². The van der Waals surface area contributed by atoms with Crippen LogP contribution in [0.25, 0.3) is 15.9 Å². The smallest absolute Gasteiger partial charge is 0.387 e. The number of halogens is 3. The van der Waals surface area contributed by atoms with Crippen LogP contribution in [0, 0.1) is 0 Å². The Balaban J connectivity index is 2.22. The van der Waals surface area contributed by atoms with Crippen LogP contribution in [0.15, 0.2) is 37.9 Å². The lowest BCUT2D eigenvalue weighted by atomic mass is 10.4. The van der Waals surface area contributed by atoms with Gasteiger partial charge in [-0.1, -0.05) is 0 Å². The maximum Gasteiger partial charge on any atom is 0.387 e. The molecule has 0 aromatic carbocycles. The number of nitrogens with one attached hydrogen (secondary N) is 1. The van der Waals surface area contributed by atoms with Crippen molar-refractivity contribution in [1.29, 1.82) is 0 Å². The Morgan fingerprint density at radius 1 is 1.32 bits per heavy atom. The lowest BCUT2D eigenvalue weighted by molar-refractivity contribution is -0.0500. The van der Waals surface area contributed by atoms with Crippen molar-refractivity contribution in [3.05, 3.63) is 49.2 Å². The molecule has 0 saturated heterocycles. The number of aromatic amines is 1. The summed E-state index contributed by atoms with van der Waals surface area (Å²) in [6, 6.07) is 2.76. The van der Waals surface area contributed by atoms with E-state index in [0.717, 1.165) is 28.2 Å². The lowest BCUT2D eigenvalue weighted by Crippen LogP contribution is -2.33. The van der Waals surface area contributed by atoms with Crippen LogP contribution in [-0.4, -0.2) is 21.1 Å². The van der Waals surface area contributed by atoms with Crippen molar-refractivity contribution >= 4 is 37.5 Å². The van der Waals surface area contributed by atoms with Crippen molar-refractivity contribution in [3.8, 4) is 11.4 Å². The van der Waals surface area contributed by atoms with E-state index in [2.05, 4.69) is 30.6 Å². The number of alkyl halides is 2. The predicted octanol–water partition coefficient (Wildman–Crippen LogP) is 2.50. The highest BCUT2D eigenvalue weighted by Gasteiger charge is 2.14. The number of hydrogen-bond acceptors (Lipinski definition) is 5. The summed E-state index contributed by atoms with van der Waals surface area (Å²) in [6.07, 6.45) is 2.28. The van der Waals surface area contributed by atoms with Crippen LogP contribution in [0.4, 0.5) is 8.78 Å². The second-order valence-corrected chi connectivity index (χ2v) is 6.55. The first kappa shape index (κ1) is 14.9. The fourth-order valence-corrected chi connectivity index (χ4v) is 3.39. The van der Waals surface area contributed by atoms with E-state index in [1.807, 2.05) is 0 Å². The van der Waals surface area contributed by atoms with Gasteiger partial charge in [-0.3, -0.25) is 9.78 Å². The summed E-state index contributed by atoms with van der Waals surface area (Å²) in [5.74, 6) is -0.244. The van der Waals surface area contributed by atoms with Crippen molar-refractivity contribution in [1.82, 2.24) is 14.5 Å². The monoisotopic (exact) mass is 389 g/mol. The summed E-state index contributed by atoms with van der Waals surface area (Å²) in [4.78, 5) is 30.7. The second kappa shape index (κ2) is 5.61. The zero-order chi connectivity index (χ0) is 15.9. The first-order chi connectivity index (χ1) is 10.5. The van der Waals surface area contributed by atoms with Crippen LogP contribution in [0.5, 0.6) is 5.75 Å². The number of thiophene rings is 1. The molecule has 0 bridgehead atoms. The number of nitrogens with zero attached hydrogens (tertiary/aromatic N) is 2. The summed E-state index contributed by atoms with van der Waals surface area (Å²) in [6.45, 7) is -3.03. The fourth-order valence-electron chi connectivity index (χ4n) is 1.91. The summed E-state index contributed by atoms with van der Waals surface area (Å²) in [5.41, 5.74) is -0.823. The van der Waals surface area contributed by atoms with Crippen LogP contribution >= 0.6 is 27.3 Å². The minimum atomic E-state index is -3.03. The number of pyridine rings is 1. The molecule has 3 rings (SSSR count). The molecule has 0 fully saturated rings. The fraction of sp³-hybridized carbons (Fsp3) is 0.0833. The van der Waals surface area contributed by atoms with Gasteiger partial charge >= 0.3 is 12.3 Å². The van der Waals surface area contributed by atoms with Crippen LogP contribution in [0.2, 0.25) is 0 Å². The molecule has 0 unspecified atom stereocenters. The van der Waals surface area contributed by atoms with Gasteiger partial charge in [0.1, 0.15) is 10.4 Å². The van der Waals surface area contributed by atoms with E-state index in [1.165, 1.54) is 6.20 Å². The van der Waals surface area contributed by atoms with E-state index < -0.39 is 17.9 Å². The minimum absolute atomic E-state index is 0.0378. The Morgan fingerprint density at radius 3 is 2.82 bits per heavy atom. The van der Waals surface area contributed by atoms with Gasteiger partial charge in [-0.2, -0.15) is 8.78 Å². The van der Waals surface area contributed by atoms with Gasteiger partial charge in [0.05, 0.1) is 27.4 Å². The summed E-state index contributed by atoms with van der Waals surface area (Å²) >= 11 is 4.39.